The van der Waals surface area contributed by atoms with Crippen LogP contribution in [0.15, 0.2) is 0 Å². The second-order valence-electron chi connectivity index (χ2n) is 4.41. The molecule has 1 aromatic rings. The van der Waals surface area contributed by atoms with E-state index in [0.29, 0.717) is 25.3 Å². The lowest BCUT2D eigenvalue weighted by Gasteiger charge is -2.10. The number of rotatable bonds is 7. The summed E-state index contributed by atoms with van der Waals surface area (Å²) in [6, 6.07) is 0. The molecule has 0 bridgehead atoms. The van der Waals surface area contributed by atoms with E-state index in [1.54, 1.807) is 21.0 Å². The van der Waals surface area contributed by atoms with Gasteiger partial charge in [-0.05, 0) is 6.92 Å². The first kappa shape index (κ1) is 16.1. The van der Waals surface area contributed by atoms with Gasteiger partial charge in [0.25, 0.3) is 0 Å². The summed E-state index contributed by atoms with van der Waals surface area (Å²) in [5, 5.41) is 7.65. The lowest BCUT2D eigenvalue weighted by atomic mass is 10.3. The molecule has 0 N–H and O–H groups in total. The smallest absolute Gasteiger partial charge is 0.360 e. The van der Waals surface area contributed by atoms with Crippen molar-refractivity contribution in [2.75, 3.05) is 34.4 Å². The Kier molecular flexibility index (Phi) is 6.10. The third-order valence-corrected chi connectivity index (χ3v) is 2.73. The number of esters is 1. The van der Waals surface area contributed by atoms with Crippen LogP contribution in [0.4, 0.5) is 0 Å². The molecule has 0 aliphatic rings. The van der Waals surface area contributed by atoms with Crippen molar-refractivity contribution in [1.82, 2.24) is 19.9 Å². The molecule has 0 saturated heterocycles. The third kappa shape index (κ3) is 4.30. The minimum absolute atomic E-state index is 0.0101. The molecule has 1 heterocycles. The molecule has 0 aromatic carbocycles. The van der Waals surface area contributed by atoms with Crippen molar-refractivity contribution >= 4 is 11.9 Å². The van der Waals surface area contributed by atoms with Crippen molar-refractivity contribution in [3.8, 4) is 0 Å². The Hall–Kier alpha value is -1.96. The molecule has 8 heteroatoms. The number of carbonyl (C=O) groups excluding carboxylic acids is 2. The van der Waals surface area contributed by atoms with Gasteiger partial charge in [-0.25, -0.2) is 9.48 Å². The number of hydrogen-bond acceptors (Lipinski definition) is 6. The number of hydrogen-bond donors (Lipinski definition) is 0. The van der Waals surface area contributed by atoms with Crippen molar-refractivity contribution in [3.63, 3.8) is 0 Å². The molecule has 1 rings (SSSR count). The van der Waals surface area contributed by atoms with Crippen molar-refractivity contribution in [2.24, 2.45) is 0 Å². The van der Waals surface area contributed by atoms with E-state index in [1.165, 1.54) is 16.7 Å². The van der Waals surface area contributed by atoms with E-state index in [-0.39, 0.29) is 18.2 Å². The number of aromatic nitrogens is 3. The third-order valence-electron chi connectivity index (χ3n) is 2.73. The molecule has 0 fully saturated rings. The van der Waals surface area contributed by atoms with E-state index >= 15 is 0 Å². The van der Waals surface area contributed by atoms with Gasteiger partial charge < -0.3 is 14.4 Å². The fourth-order valence-corrected chi connectivity index (χ4v) is 1.47. The van der Waals surface area contributed by atoms with Crippen molar-refractivity contribution in [2.45, 2.75) is 19.9 Å². The molecule has 0 saturated carbocycles. The van der Waals surface area contributed by atoms with E-state index in [2.05, 4.69) is 10.3 Å². The van der Waals surface area contributed by atoms with E-state index < -0.39 is 5.97 Å². The van der Waals surface area contributed by atoms with Gasteiger partial charge in [0.05, 0.1) is 18.8 Å². The maximum absolute atomic E-state index is 11.7. The van der Waals surface area contributed by atoms with Crippen molar-refractivity contribution in [3.05, 3.63) is 11.4 Å². The SMILES string of the molecule is COCCOC(=O)c1nnn(CCC(=O)N(C)C)c1C. The summed E-state index contributed by atoms with van der Waals surface area (Å²) in [5.74, 6) is -0.547. The first-order valence-electron chi connectivity index (χ1n) is 6.23. The van der Waals surface area contributed by atoms with E-state index in [4.69, 9.17) is 9.47 Å². The van der Waals surface area contributed by atoms with Crippen LogP contribution in [0.1, 0.15) is 22.6 Å². The van der Waals surface area contributed by atoms with E-state index in [9.17, 15) is 9.59 Å². The highest BCUT2D eigenvalue weighted by atomic mass is 16.6. The number of nitrogens with zero attached hydrogens (tertiary/aromatic N) is 4. The average molecular weight is 284 g/mol. The Labute approximate surface area is 117 Å². The summed E-state index contributed by atoms with van der Waals surface area (Å²) in [7, 11) is 4.90. The van der Waals surface area contributed by atoms with Crippen molar-refractivity contribution < 1.29 is 19.1 Å². The van der Waals surface area contributed by atoms with Crippen LogP contribution in [0, 0.1) is 6.92 Å². The normalized spacial score (nSPS) is 10.4. The Morgan fingerprint density at radius 1 is 1.30 bits per heavy atom. The van der Waals surface area contributed by atoms with Crippen LogP contribution in [-0.2, 0) is 20.8 Å². The van der Waals surface area contributed by atoms with Gasteiger partial charge in [-0.3, -0.25) is 4.79 Å². The maximum atomic E-state index is 11.7. The first-order valence-corrected chi connectivity index (χ1v) is 6.23. The van der Waals surface area contributed by atoms with Gasteiger partial charge in [0, 0.05) is 27.6 Å². The molecule has 112 valence electrons. The fraction of sp³-hybridized carbons (Fsp3) is 0.667. The predicted molar refractivity (Wildman–Crippen MR) is 70.2 cm³/mol. The topological polar surface area (TPSA) is 86.5 Å². The van der Waals surface area contributed by atoms with Gasteiger partial charge in [0.1, 0.15) is 6.61 Å². The minimum Gasteiger partial charge on any atom is -0.458 e. The van der Waals surface area contributed by atoms with Crippen LogP contribution in [0.5, 0.6) is 0 Å². The Bertz CT molecular complexity index is 470. The van der Waals surface area contributed by atoms with Crippen LogP contribution in [-0.4, -0.2) is 66.2 Å². The quantitative estimate of drug-likeness (QED) is 0.512. The molecule has 8 nitrogen and oxygen atoms in total. The maximum Gasteiger partial charge on any atom is 0.360 e. The zero-order valence-electron chi connectivity index (χ0n) is 12.3. The molecular weight excluding hydrogens is 264 g/mol. The largest absolute Gasteiger partial charge is 0.458 e. The van der Waals surface area contributed by atoms with Gasteiger partial charge in [-0.1, -0.05) is 5.21 Å². The van der Waals surface area contributed by atoms with Gasteiger partial charge in [0.2, 0.25) is 5.91 Å². The van der Waals surface area contributed by atoms with Gasteiger partial charge >= 0.3 is 5.97 Å². The molecule has 0 atom stereocenters. The van der Waals surface area contributed by atoms with Crippen LogP contribution < -0.4 is 0 Å². The number of ether oxygens (including phenoxy) is 2. The Balaban J connectivity index is 2.60. The summed E-state index contributed by atoms with van der Waals surface area (Å²) in [5.41, 5.74) is 0.748. The highest BCUT2D eigenvalue weighted by molar-refractivity contribution is 5.88. The summed E-state index contributed by atoms with van der Waals surface area (Å²) in [6.45, 7) is 2.59. The molecule has 0 aliphatic heterocycles. The van der Waals surface area contributed by atoms with Crippen LogP contribution >= 0.6 is 0 Å². The monoisotopic (exact) mass is 284 g/mol. The standard InChI is InChI=1S/C12H20N4O4/c1-9-11(12(18)20-8-7-19-4)13-14-16(9)6-5-10(17)15(2)3/h5-8H2,1-4H3. The zero-order chi connectivity index (χ0) is 15.1. The summed E-state index contributed by atoms with van der Waals surface area (Å²) >= 11 is 0. The fourth-order valence-electron chi connectivity index (χ4n) is 1.47. The summed E-state index contributed by atoms with van der Waals surface area (Å²) < 4.78 is 11.3. The lowest BCUT2D eigenvalue weighted by Crippen LogP contribution is -2.23. The molecule has 1 aromatic heterocycles. The molecule has 1 amide bonds. The summed E-state index contributed by atoms with van der Waals surface area (Å²) in [4.78, 5) is 24.7. The minimum atomic E-state index is -0.537. The van der Waals surface area contributed by atoms with Crippen molar-refractivity contribution in [1.29, 1.82) is 0 Å². The van der Waals surface area contributed by atoms with Gasteiger partial charge in [-0.2, -0.15) is 0 Å². The van der Waals surface area contributed by atoms with Crippen LogP contribution in [0.25, 0.3) is 0 Å². The number of amides is 1. The second kappa shape index (κ2) is 7.59. The number of carbonyl (C=O) groups is 2. The molecular formula is C12H20N4O4. The molecule has 0 unspecified atom stereocenters. The summed E-state index contributed by atoms with van der Waals surface area (Å²) in [6.07, 6.45) is 0.301. The van der Waals surface area contributed by atoms with E-state index in [1.807, 2.05) is 0 Å². The van der Waals surface area contributed by atoms with Gasteiger partial charge in [-0.15, -0.1) is 5.10 Å². The highest BCUT2D eigenvalue weighted by Crippen LogP contribution is 2.06. The molecule has 20 heavy (non-hydrogen) atoms. The predicted octanol–water partition coefficient (Wildman–Crippen LogP) is -0.132. The lowest BCUT2D eigenvalue weighted by molar-refractivity contribution is -0.128. The number of methoxy groups -OCH3 is 1. The zero-order valence-corrected chi connectivity index (χ0v) is 12.3. The van der Waals surface area contributed by atoms with Gasteiger partial charge in [0.15, 0.2) is 5.69 Å². The molecule has 0 spiro atoms. The number of aryl methyl sites for hydroxylation is 1. The molecule has 0 radical (unpaired) electrons. The Morgan fingerprint density at radius 3 is 2.60 bits per heavy atom. The molecule has 0 aliphatic carbocycles. The second-order valence-corrected chi connectivity index (χ2v) is 4.41. The highest BCUT2D eigenvalue weighted by Gasteiger charge is 2.18. The van der Waals surface area contributed by atoms with Crippen LogP contribution in [0.2, 0.25) is 0 Å². The average Bonchev–Trinajstić information content (AvgIpc) is 2.77. The Morgan fingerprint density at radius 2 is 2.00 bits per heavy atom. The van der Waals surface area contributed by atoms with Crippen LogP contribution in [0.3, 0.4) is 0 Å². The van der Waals surface area contributed by atoms with E-state index in [0.717, 1.165) is 0 Å². The first-order chi connectivity index (χ1) is 9.47.